The van der Waals surface area contributed by atoms with Crippen LogP contribution in [0.5, 0.6) is 0 Å². The minimum atomic E-state index is -0.255. The average Bonchev–Trinajstić information content (AvgIpc) is 4.06. The third-order valence-corrected chi connectivity index (χ3v) is 12.3. The lowest BCUT2D eigenvalue weighted by Gasteiger charge is -2.39. The standard InChI is InChI=1S/C24H28FN3O2.C21H22FN3O/c25-20-8-6-19(7-9-20)22-21-5-2-1-4-18(21)10-13-28(22)23-26-16-24(30-23)11-14-27(17-24)12-3-15-29;22-17-7-5-16(6-8-17)19-18-4-2-1-3-15(18)9-12-25(19)20-24-14-21(26-20)10-11-23-13-21/h1-2,4-9,22,29H,3,10-17H2;1-8,19,23H,9-14H2/t22-,24+;19-,21-/m00/s1. The van der Waals surface area contributed by atoms with Crippen LogP contribution < -0.4 is 5.32 Å². The molecule has 0 radical (unpaired) electrons. The van der Waals surface area contributed by atoms with Crippen molar-refractivity contribution in [1.29, 1.82) is 0 Å². The number of aliphatic imine (C=N–C) groups is 2. The SMILES string of the molecule is Fc1ccc([C@H]2c3ccccc3CCN2C2=NC[C@@]3(CCNC3)O2)cc1.OCCCN1CC[C@@]2(CN=C(N3CCc4ccccc4[C@@H]3c3ccc(F)cc3)O2)C1. The zero-order valence-corrected chi connectivity index (χ0v) is 31.8. The number of nitrogens with zero attached hydrogens (tertiary/aromatic N) is 5. The maximum atomic E-state index is 13.6. The van der Waals surface area contributed by atoms with Crippen LogP contribution in [-0.4, -0.2) is 109 Å². The van der Waals surface area contributed by atoms with Gasteiger partial charge in [0.1, 0.15) is 22.8 Å². The normalized spacial score (nSPS) is 26.6. The number of halogens is 2. The van der Waals surface area contributed by atoms with Crippen molar-refractivity contribution in [3.63, 3.8) is 0 Å². The summed E-state index contributed by atoms with van der Waals surface area (Å²) in [5.41, 5.74) is 6.83. The average molecular weight is 761 g/mol. The van der Waals surface area contributed by atoms with E-state index in [9.17, 15) is 8.78 Å². The van der Waals surface area contributed by atoms with Crippen LogP contribution in [0.2, 0.25) is 0 Å². The minimum absolute atomic E-state index is 0.00353. The number of ether oxygens (including phenoxy) is 2. The van der Waals surface area contributed by atoms with Crippen molar-refractivity contribution >= 4 is 12.0 Å². The molecular weight excluding hydrogens is 711 g/mol. The number of benzene rings is 4. The Morgan fingerprint density at radius 1 is 0.679 bits per heavy atom. The summed E-state index contributed by atoms with van der Waals surface area (Å²) in [6, 6.07) is 32.0. The van der Waals surface area contributed by atoms with Crippen LogP contribution in [0.3, 0.4) is 0 Å². The molecule has 4 aromatic carbocycles. The van der Waals surface area contributed by atoms with E-state index >= 15 is 0 Å². The first-order chi connectivity index (χ1) is 27.4. The zero-order valence-electron chi connectivity index (χ0n) is 31.8. The highest BCUT2D eigenvalue weighted by molar-refractivity contribution is 5.78. The predicted octanol–water partition coefficient (Wildman–Crippen LogP) is 5.88. The van der Waals surface area contributed by atoms with E-state index in [1.165, 1.54) is 46.5 Å². The molecule has 6 aliphatic rings. The van der Waals surface area contributed by atoms with Crippen LogP contribution in [0.25, 0.3) is 0 Å². The van der Waals surface area contributed by atoms with Gasteiger partial charge in [-0.15, -0.1) is 0 Å². The Bertz CT molecular complexity index is 2070. The minimum Gasteiger partial charge on any atom is -0.455 e. The van der Waals surface area contributed by atoms with E-state index < -0.39 is 0 Å². The van der Waals surface area contributed by atoms with E-state index in [2.05, 4.69) is 68.5 Å². The summed E-state index contributed by atoms with van der Waals surface area (Å²) in [4.78, 5) is 16.5. The number of hydrogen-bond acceptors (Lipinski definition) is 9. The second kappa shape index (κ2) is 15.6. The van der Waals surface area contributed by atoms with Gasteiger partial charge in [-0.3, -0.25) is 4.90 Å². The first-order valence-corrected chi connectivity index (χ1v) is 20.1. The molecule has 9 nitrogen and oxygen atoms in total. The van der Waals surface area contributed by atoms with Crippen LogP contribution in [0.15, 0.2) is 107 Å². The van der Waals surface area contributed by atoms with E-state index in [1.54, 1.807) is 0 Å². The highest BCUT2D eigenvalue weighted by Gasteiger charge is 2.47. The number of amidine groups is 2. The molecule has 4 atom stereocenters. The van der Waals surface area contributed by atoms with Crippen LogP contribution in [0.4, 0.5) is 8.78 Å². The van der Waals surface area contributed by atoms with Gasteiger partial charge in [0.05, 0.1) is 25.2 Å². The molecule has 0 aromatic heterocycles. The number of nitrogens with one attached hydrogen (secondary N) is 1. The van der Waals surface area contributed by atoms with Crippen molar-refractivity contribution in [1.82, 2.24) is 20.0 Å². The van der Waals surface area contributed by atoms with Crippen LogP contribution in [0, 0.1) is 11.6 Å². The molecule has 6 aliphatic heterocycles. The Balaban J connectivity index is 0.000000148. The highest BCUT2D eigenvalue weighted by Crippen LogP contribution is 2.40. The number of aliphatic hydroxyl groups excluding tert-OH is 1. The molecule has 4 aromatic rings. The van der Waals surface area contributed by atoms with Crippen molar-refractivity contribution in [3.05, 3.63) is 142 Å². The van der Waals surface area contributed by atoms with E-state index in [0.717, 1.165) is 95.1 Å². The molecular formula is C45H50F2N6O3. The van der Waals surface area contributed by atoms with Gasteiger partial charge in [-0.1, -0.05) is 72.8 Å². The lowest BCUT2D eigenvalue weighted by atomic mass is 9.88. The third-order valence-electron chi connectivity index (χ3n) is 12.3. The van der Waals surface area contributed by atoms with Crippen LogP contribution in [-0.2, 0) is 22.3 Å². The fourth-order valence-corrected chi connectivity index (χ4v) is 9.36. The first kappa shape index (κ1) is 36.8. The Morgan fingerprint density at radius 2 is 1.21 bits per heavy atom. The van der Waals surface area contributed by atoms with Crippen LogP contribution in [0.1, 0.15) is 64.7 Å². The molecule has 2 saturated heterocycles. The summed E-state index contributed by atoms with van der Waals surface area (Å²) in [7, 11) is 0. The number of fused-ring (bicyclic) bond motifs is 2. The maximum absolute atomic E-state index is 13.6. The molecule has 0 aliphatic carbocycles. The monoisotopic (exact) mass is 760 g/mol. The summed E-state index contributed by atoms with van der Waals surface area (Å²) in [5.74, 6) is -0.438. The van der Waals surface area contributed by atoms with Crippen LogP contribution >= 0.6 is 0 Å². The summed E-state index contributed by atoms with van der Waals surface area (Å²) in [6.07, 6.45) is 4.63. The molecule has 10 rings (SSSR count). The second-order valence-corrected chi connectivity index (χ2v) is 16.0. The van der Waals surface area contributed by atoms with E-state index in [0.29, 0.717) is 19.1 Å². The van der Waals surface area contributed by atoms with Gasteiger partial charge in [0, 0.05) is 58.7 Å². The Labute approximate surface area is 327 Å². The Hall–Kier alpha value is -4.84. The van der Waals surface area contributed by atoms with Gasteiger partial charge >= 0.3 is 0 Å². The number of hydrogen-bond donors (Lipinski definition) is 2. The molecule has 6 heterocycles. The zero-order chi connectivity index (χ0) is 38.1. The quantitative estimate of drug-likeness (QED) is 0.263. The molecule has 2 spiro atoms. The Morgan fingerprint density at radius 3 is 1.75 bits per heavy atom. The fourth-order valence-electron chi connectivity index (χ4n) is 9.36. The van der Waals surface area contributed by atoms with Gasteiger partial charge in [-0.2, -0.15) is 0 Å². The lowest BCUT2D eigenvalue weighted by Crippen LogP contribution is -2.44. The van der Waals surface area contributed by atoms with Crippen molar-refractivity contribution in [2.45, 2.75) is 55.4 Å². The molecule has 11 heteroatoms. The van der Waals surface area contributed by atoms with Crippen molar-refractivity contribution in [3.8, 4) is 0 Å². The van der Waals surface area contributed by atoms with Gasteiger partial charge in [-0.05, 0) is 83.5 Å². The van der Waals surface area contributed by atoms with Gasteiger partial charge in [0.15, 0.2) is 0 Å². The second-order valence-electron chi connectivity index (χ2n) is 16.0. The number of likely N-dealkylation sites (tertiary alicyclic amines) is 1. The van der Waals surface area contributed by atoms with Crippen molar-refractivity contribution in [2.24, 2.45) is 9.98 Å². The fraction of sp³-hybridized carbons (Fsp3) is 0.422. The van der Waals surface area contributed by atoms with Crippen molar-refractivity contribution < 1.29 is 23.4 Å². The third kappa shape index (κ3) is 7.28. The summed E-state index contributed by atoms with van der Waals surface area (Å²) in [6.45, 7) is 7.83. The predicted molar refractivity (Wildman–Crippen MR) is 213 cm³/mol. The molecule has 0 saturated carbocycles. The van der Waals surface area contributed by atoms with Crippen molar-refractivity contribution in [2.75, 3.05) is 65.5 Å². The molecule has 292 valence electrons. The van der Waals surface area contributed by atoms with Gasteiger partial charge < -0.3 is 29.7 Å². The van der Waals surface area contributed by atoms with Gasteiger partial charge in [-0.25, -0.2) is 18.8 Å². The van der Waals surface area contributed by atoms with Gasteiger partial charge in [0.2, 0.25) is 0 Å². The maximum Gasteiger partial charge on any atom is 0.288 e. The van der Waals surface area contributed by atoms with E-state index in [1.807, 2.05) is 24.3 Å². The highest BCUT2D eigenvalue weighted by atomic mass is 19.1. The molecule has 0 unspecified atom stereocenters. The molecule has 2 fully saturated rings. The smallest absolute Gasteiger partial charge is 0.288 e. The lowest BCUT2D eigenvalue weighted by molar-refractivity contribution is 0.0692. The van der Waals surface area contributed by atoms with E-state index in [4.69, 9.17) is 24.6 Å². The first-order valence-electron chi connectivity index (χ1n) is 20.1. The number of rotatable bonds is 5. The molecule has 2 N–H and O–H groups in total. The summed E-state index contributed by atoms with van der Waals surface area (Å²) in [5, 5.41) is 12.5. The van der Waals surface area contributed by atoms with E-state index in [-0.39, 0.29) is 41.5 Å². The number of aliphatic hydroxyl groups is 1. The molecule has 0 bridgehead atoms. The van der Waals surface area contributed by atoms with Gasteiger partial charge in [0.25, 0.3) is 12.0 Å². The molecule has 0 amide bonds. The summed E-state index contributed by atoms with van der Waals surface area (Å²) < 4.78 is 40.0. The molecule has 56 heavy (non-hydrogen) atoms. The Kier molecular flexibility index (Phi) is 10.2. The largest absolute Gasteiger partial charge is 0.455 e. The summed E-state index contributed by atoms with van der Waals surface area (Å²) >= 11 is 0. The topological polar surface area (TPSA) is 85.2 Å².